The van der Waals surface area contributed by atoms with Gasteiger partial charge >= 0.3 is 5.63 Å². The molecule has 1 aromatic heterocycles. The van der Waals surface area contributed by atoms with Crippen LogP contribution < -0.4 is 10.4 Å². The highest BCUT2D eigenvalue weighted by atomic mass is 16.7. The van der Waals surface area contributed by atoms with Crippen LogP contribution in [0.1, 0.15) is 17.3 Å². The molecule has 3 rings (SSSR count). The van der Waals surface area contributed by atoms with Crippen molar-refractivity contribution in [3.63, 3.8) is 0 Å². The van der Waals surface area contributed by atoms with Crippen LogP contribution >= 0.6 is 0 Å². The molecule has 5 atom stereocenters. The van der Waals surface area contributed by atoms with Crippen molar-refractivity contribution in [1.29, 1.82) is 0 Å². The molecule has 1 aliphatic heterocycles. The highest BCUT2D eigenvalue weighted by Crippen LogP contribution is 2.26. The smallest absolute Gasteiger partial charge is 0.347 e. The summed E-state index contributed by atoms with van der Waals surface area (Å²) in [6, 6.07) is 5.81. The molecular weight excluding hydrogens is 348 g/mol. The first kappa shape index (κ1) is 18.5. The fourth-order valence-electron chi connectivity index (χ4n) is 2.71. The third kappa shape index (κ3) is 3.35. The highest BCUT2D eigenvalue weighted by molar-refractivity contribution is 5.96. The van der Waals surface area contributed by atoms with Crippen LogP contribution in [0.15, 0.2) is 33.5 Å². The van der Waals surface area contributed by atoms with Gasteiger partial charge in [-0.15, -0.1) is 0 Å². The number of ketones is 1. The first-order valence-electron chi connectivity index (χ1n) is 7.88. The van der Waals surface area contributed by atoms with Crippen LogP contribution in [0.4, 0.5) is 0 Å². The average molecular weight is 366 g/mol. The van der Waals surface area contributed by atoms with E-state index in [2.05, 4.69) is 0 Å². The molecule has 1 aromatic carbocycles. The third-order valence-corrected chi connectivity index (χ3v) is 4.19. The molecule has 0 spiro atoms. The monoisotopic (exact) mass is 366 g/mol. The molecule has 5 unspecified atom stereocenters. The molecule has 26 heavy (non-hydrogen) atoms. The predicted molar refractivity (Wildman–Crippen MR) is 86.9 cm³/mol. The van der Waals surface area contributed by atoms with Crippen molar-refractivity contribution < 1.29 is 39.1 Å². The number of carbonyl (C=O) groups excluding carboxylic acids is 1. The molecule has 0 radical (unpaired) electrons. The maximum absolute atomic E-state index is 11.8. The number of aliphatic hydroxyl groups excluding tert-OH is 4. The Balaban J connectivity index is 1.88. The molecule has 9 nitrogen and oxygen atoms in total. The van der Waals surface area contributed by atoms with E-state index in [0.29, 0.717) is 5.39 Å². The first-order chi connectivity index (χ1) is 12.3. The van der Waals surface area contributed by atoms with Gasteiger partial charge in [0.1, 0.15) is 41.3 Å². The van der Waals surface area contributed by atoms with Crippen molar-refractivity contribution in [2.75, 3.05) is 6.61 Å². The number of hydrogen-bond acceptors (Lipinski definition) is 9. The van der Waals surface area contributed by atoms with Gasteiger partial charge in [-0.3, -0.25) is 4.79 Å². The number of aliphatic hydroxyl groups is 4. The van der Waals surface area contributed by atoms with Crippen LogP contribution in [-0.4, -0.2) is 63.5 Å². The van der Waals surface area contributed by atoms with Crippen molar-refractivity contribution in [1.82, 2.24) is 0 Å². The third-order valence-electron chi connectivity index (χ3n) is 4.19. The lowest BCUT2D eigenvalue weighted by molar-refractivity contribution is -0.277. The van der Waals surface area contributed by atoms with Crippen LogP contribution in [-0.2, 0) is 4.74 Å². The Kier molecular flexibility index (Phi) is 5.08. The second kappa shape index (κ2) is 7.14. The van der Waals surface area contributed by atoms with Crippen LogP contribution in [0, 0.1) is 0 Å². The van der Waals surface area contributed by atoms with Crippen LogP contribution in [0.5, 0.6) is 5.75 Å². The topological polar surface area (TPSA) is 147 Å². The van der Waals surface area contributed by atoms with Gasteiger partial charge in [-0.2, -0.15) is 0 Å². The Hall–Kier alpha value is -2.30. The molecule has 1 fully saturated rings. The summed E-state index contributed by atoms with van der Waals surface area (Å²) >= 11 is 0. The van der Waals surface area contributed by atoms with Gasteiger partial charge in [-0.1, -0.05) is 0 Å². The molecule has 2 heterocycles. The first-order valence-corrected chi connectivity index (χ1v) is 7.88. The fraction of sp³-hybridized carbons (Fsp3) is 0.412. The summed E-state index contributed by atoms with van der Waals surface area (Å²) in [6.07, 6.45) is -7.08. The second-order valence-electron chi connectivity index (χ2n) is 6.02. The molecular formula is C17H18O9. The molecule has 0 saturated carbocycles. The molecule has 0 aliphatic carbocycles. The Bertz CT molecular complexity index is 872. The normalized spacial score (nSPS) is 28.9. The van der Waals surface area contributed by atoms with Gasteiger partial charge in [0.25, 0.3) is 0 Å². The quantitative estimate of drug-likeness (QED) is 0.402. The van der Waals surface area contributed by atoms with Gasteiger partial charge in [0.15, 0.2) is 5.78 Å². The van der Waals surface area contributed by atoms with Crippen LogP contribution in [0.2, 0.25) is 0 Å². The molecule has 140 valence electrons. The van der Waals surface area contributed by atoms with E-state index in [1.54, 1.807) is 6.07 Å². The summed E-state index contributed by atoms with van der Waals surface area (Å²) in [6.45, 7) is 0.680. The van der Waals surface area contributed by atoms with E-state index in [4.69, 9.17) is 13.9 Å². The lowest BCUT2D eigenvalue weighted by Crippen LogP contribution is -2.60. The number of hydrogen-bond donors (Lipinski definition) is 4. The maximum Gasteiger partial charge on any atom is 0.347 e. The number of carbonyl (C=O) groups is 1. The molecule has 2 aromatic rings. The summed E-state index contributed by atoms with van der Waals surface area (Å²) in [5, 5.41) is 39.2. The largest absolute Gasteiger partial charge is 0.462 e. The van der Waals surface area contributed by atoms with Gasteiger partial charge in [-0.05, 0) is 25.1 Å². The Morgan fingerprint density at radius 2 is 1.88 bits per heavy atom. The number of Topliss-reactive ketones (excluding diaryl/α,β-unsaturated/α-hetero) is 1. The molecule has 1 aliphatic rings. The molecule has 4 N–H and O–H groups in total. The molecule has 0 amide bonds. The zero-order chi connectivity index (χ0) is 19.0. The van der Waals surface area contributed by atoms with Crippen molar-refractivity contribution >= 4 is 16.8 Å². The van der Waals surface area contributed by atoms with Crippen LogP contribution in [0.25, 0.3) is 11.0 Å². The lowest BCUT2D eigenvalue weighted by Gasteiger charge is -2.39. The lowest BCUT2D eigenvalue weighted by atomic mass is 9.99. The second-order valence-corrected chi connectivity index (χ2v) is 6.02. The van der Waals surface area contributed by atoms with Crippen molar-refractivity contribution in [3.05, 3.63) is 40.2 Å². The van der Waals surface area contributed by atoms with Crippen molar-refractivity contribution in [2.45, 2.75) is 37.6 Å². The minimum atomic E-state index is -1.57. The standard InChI is InChI=1S/C17H18O9/c1-7(19)10-4-8-2-3-9(5-11(8)25-16(10)23)24-17-15(22)14(21)13(20)12(6-18)26-17/h2-5,12-15,17-18,20-22H,6H2,1H3. The summed E-state index contributed by atoms with van der Waals surface area (Å²) in [5.74, 6) is -0.261. The summed E-state index contributed by atoms with van der Waals surface area (Å²) in [5.41, 5.74) is -0.697. The summed E-state index contributed by atoms with van der Waals surface area (Å²) < 4.78 is 15.8. The van der Waals surface area contributed by atoms with Gasteiger partial charge < -0.3 is 34.3 Å². The maximum atomic E-state index is 11.8. The zero-order valence-corrected chi connectivity index (χ0v) is 13.7. The number of rotatable bonds is 4. The highest BCUT2D eigenvalue weighted by Gasteiger charge is 2.44. The summed E-state index contributed by atoms with van der Waals surface area (Å²) in [7, 11) is 0. The molecule has 1 saturated heterocycles. The van der Waals surface area contributed by atoms with E-state index in [0.717, 1.165) is 0 Å². The number of benzene rings is 1. The Morgan fingerprint density at radius 3 is 2.54 bits per heavy atom. The van der Waals surface area contributed by atoms with E-state index in [1.807, 2.05) is 0 Å². The van der Waals surface area contributed by atoms with Crippen molar-refractivity contribution in [2.24, 2.45) is 0 Å². The van der Waals surface area contributed by atoms with Gasteiger partial charge in [0.05, 0.1) is 6.61 Å². The van der Waals surface area contributed by atoms with Gasteiger partial charge in [0.2, 0.25) is 6.29 Å². The predicted octanol–water partition coefficient (Wildman–Crippen LogP) is -0.826. The Morgan fingerprint density at radius 1 is 1.15 bits per heavy atom. The van der Waals surface area contributed by atoms with Gasteiger partial charge in [0, 0.05) is 11.5 Å². The minimum absolute atomic E-state index is 0.0694. The molecule has 0 bridgehead atoms. The summed E-state index contributed by atoms with van der Waals surface area (Å²) in [4.78, 5) is 23.2. The van der Waals surface area contributed by atoms with E-state index in [9.17, 15) is 30.0 Å². The van der Waals surface area contributed by atoms with Crippen molar-refractivity contribution in [3.8, 4) is 5.75 Å². The van der Waals surface area contributed by atoms with Gasteiger partial charge in [-0.25, -0.2) is 4.79 Å². The average Bonchev–Trinajstić information content (AvgIpc) is 2.61. The fourth-order valence-corrected chi connectivity index (χ4v) is 2.71. The Labute approximate surface area is 147 Å². The van der Waals surface area contributed by atoms with Crippen LogP contribution in [0.3, 0.4) is 0 Å². The molecule has 9 heteroatoms. The SMILES string of the molecule is CC(=O)c1cc2ccc(OC3OC(CO)C(O)C(O)C3O)cc2oc1=O. The van der Waals surface area contributed by atoms with E-state index in [-0.39, 0.29) is 16.9 Å². The minimum Gasteiger partial charge on any atom is -0.462 e. The number of ether oxygens (including phenoxy) is 2. The van der Waals surface area contributed by atoms with E-state index < -0.39 is 48.7 Å². The number of fused-ring (bicyclic) bond motifs is 1. The van der Waals surface area contributed by atoms with E-state index in [1.165, 1.54) is 25.1 Å². The van der Waals surface area contributed by atoms with E-state index >= 15 is 0 Å². The zero-order valence-electron chi connectivity index (χ0n) is 13.7.